The molecule has 1 aromatic rings. The molecule has 1 aromatic carbocycles. The van der Waals surface area contributed by atoms with Crippen LogP contribution in [-0.2, 0) is 0 Å². The van der Waals surface area contributed by atoms with Gasteiger partial charge >= 0.3 is 12.0 Å². The number of para-hydroxylation sites is 1. The maximum atomic E-state index is 12.3. The summed E-state index contributed by atoms with van der Waals surface area (Å²) in [5, 5.41) is 21.5. The molecule has 1 aliphatic rings. The Balaban J connectivity index is 2.16. The summed E-state index contributed by atoms with van der Waals surface area (Å²) in [6.45, 7) is 4.76. The molecule has 2 amide bonds. The number of amides is 2. The van der Waals surface area contributed by atoms with Gasteiger partial charge < -0.3 is 20.4 Å². The van der Waals surface area contributed by atoms with Crippen LogP contribution in [0.4, 0.5) is 10.5 Å². The molecule has 6 heteroatoms. The van der Waals surface area contributed by atoms with Crippen LogP contribution in [0.15, 0.2) is 18.2 Å². The Kier molecular flexibility index (Phi) is 4.35. The second kappa shape index (κ2) is 6.03. The van der Waals surface area contributed by atoms with Gasteiger partial charge in [0.25, 0.3) is 0 Å². The number of hydrogen-bond acceptors (Lipinski definition) is 3. The van der Waals surface area contributed by atoms with Crippen LogP contribution in [-0.4, -0.2) is 39.7 Å². The number of anilines is 1. The highest BCUT2D eigenvalue weighted by Crippen LogP contribution is 2.29. The fourth-order valence-corrected chi connectivity index (χ4v) is 2.63. The SMILES string of the molecule is CC1CCCN(C(=O)Nc2cccc(C(=O)O)c2O)C1C. The molecule has 2 atom stereocenters. The lowest BCUT2D eigenvalue weighted by Gasteiger charge is -2.37. The lowest BCUT2D eigenvalue weighted by Crippen LogP contribution is -2.47. The van der Waals surface area contributed by atoms with Crippen molar-refractivity contribution in [3.8, 4) is 5.75 Å². The highest BCUT2D eigenvalue weighted by molar-refractivity contribution is 5.97. The number of nitrogens with zero attached hydrogens (tertiary/aromatic N) is 1. The molecule has 2 unspecified atom stereocenters. The molecule has 3 N–H and O–H groups in total. The van der Waals surface area contributed by atoms with Gasteiger partial charge in [-0.1, -0.05) is 13.0 Å². The second-order valence-electron chi connectivity index (χ2n) is 5.49. The Morgan fingerprint density at radius 3 is 2.71 bits per heavy atom. The molecule has 21 heavy (non-hydrogen) atoms. The van der Waals surface area contributed by atoms with E-state index in [9.17, 15) is 14.7 Å². The van der Waals surface area contributed by atoms with E-state index in [-0.39, 0.29) is 23.3 Å². The van der Waals surface area contributed by atoms with Gasteiger partial charge in [-0.15, -0.1) is 0 Å². The van der Waals surface area contributed by atoms with Gasteiger partial charge in [0.05, 0.1) is 5.69 Å². The van der Waals surface area contributed by atoms with Crippen molar-refractivity contribution in [3.63, 3.8) is 0 Å². The number of benzene rings is 1. The third-order valence-electron chi connectivity index (χ3n) is 4.14. The summed E-state index contributed by atoms with van der Waals surface area (Å²) in [6.07, 6.45) is 2.03. The number of phenols is 1. The summed E-state index contributed by atoms with van der Waals surface area (Å²) in [5.41, 5.74) is -0.113. The third-order valence-corrected chi connectivity index (χ3v) is 4.14. The van der Waals surface area contributed by atoms with E-state index < -0.39 is 11.7 Å². The summed E-state index contributed by atoms with van der Waals surface area (Å²) in [4.78, 5) is 25.0. The van der Waals surface area contributed by atoms with Crippen molar-refractivity contribution in [3.05, 3.63) is 23.8 Å². The average Bonchev–Trinajstić information content (AvgIpc) is 2.43. The minimum Gasteiger partial charge on any atom is -0.505 e. The minimum absolute atomic E-state index is 0.114. The number of urea groups is 1. The molecule has 0 spiro atoms. The van der Waals surface area contributed by atoms with Gasteiger partial charge in [-0.05, 0) is 37.8 Å². The van der Waals surface area contributed by atoms with Crippen molar-refractivity contribution >= 4 is 17.7 Å². The van der Waals surface area contributed by atoms with Crippen LogP contribution < -0.4 is 5.32 Å². The van der Waals surface area contributed by atoms with E-state index in [1.54, 1.807) is 4.90 Å². The summed E-state index contributed by atoms with van der Waals surface area (Å²) >= 11 is 0. The minimum atomic E-state index is -1.23. The highest BCUT2D eigenvalue weighted by Gasteiger charge is 2.29. The number of piperidine rings is 1. The molecule has 114 valence electrons. The van der Waals surface area contributed by atoms with E-state index in [1.165, 1.54) is 18.2 Å². The quantitative estimate of drug-likeness (QED) is 0.731. The first-order chi connectivity index (χ1) is 9.91. The molecule has 0 bridgehead atoms. The predicted molar refractivity (Wildman–Crippen MR) is 78.7 cm³/mol. The van der Waals surface area contributed by atoms with Gasteiger partial charge in [-0.25, -0.2) is 9.59 Å². The first-order valence-corrected chi connectivity index (χ1v) is 7.04. The molecule has 1 fully saturated rings. The Hall–Kier alpha value is -2.24. The smallest absolute Gasteiger partial charge is 0.339 e. The maximum Gasteiger partial charge on any atom is 0.339 e. The standard InChI is InChI=1S/C15H20N2O4/c1-9-5-4-8-17(10(9)2)15(21)16-12-7-3-6-11(13(12)18)14(19)20/h3,6-7,9-10,18H,4-5,8H2,1-2H3,(H,16,21)(H,19,20). The van der Waals surface area contributed by atoms with Crippen molar-refractivity contribution in [1.29, 1.82) is 0 Å². The predicted octanol–water partition coefficient (Wildman–Crippen LogP) is 2.74. The lowest BCUT2D eigenvalue weighted by atomic mass is 9.92. The van der Waals surface area contributed by atoms with Gasteiger partial charge in [0.15, 0.2) is 5.75 Å². The van der Waals surface area contributed by atoms with Gasteiger partial charge in [0.1, 0.15) is 5.56 Å². The summed E-state index contributed by atoms with van der Waals surface area (Å²) in [6, 6.07) is 4.06. The number of aromatic hydroxyl groups is 1. The monoisotopic (exact) mass is 292 g/mol. The van der Waals surface area contributed by atoms with Crippen molar-refractivity contribution in [1.82, 2.24) is 4.90 Å². The number of carboxylic acids is 1. The van der Waals surface area contributed by atoms with E-state index in [4.69, 9.17) is 5.11 Å². The molecular formula is C15H20N2O4. The number of nitrogens with one attached hydrogen (secondary N) is 1. The molecule has 2 rings (SSSR count). The van der Waals surface area contributed by atoms with Crippen LogP contribution in [0.2, 0.25) is 0 Å². The van der Waals surface area contributed by atoms with Crippen molar-refractivity contribution < 1.29 is 19.8 Å². The number of aromatic carboxylic acids is 1. The fourth-order valence-electron chi connectivity index (χ4n) is 2.63. The van der Waals surface area contributed by atoms with Crippen LogP contribution in [0.25, 0.3) is 0 Å². The van der Waals surface area contributed by atoms with Crippen LogP contribution in [0.1, 0.15) is 37.0 Å². The van der Waals surface area contributed by atoms with E-state index in [0.717, 1.165) is 12.8 Å². The molecular weight excluding hydrogens is 272 g/mol. The van der Waals surface area contributed by atoms with Crippen molar-refractivity contribution in [2.24, 2.45) is 5.92 Å². The number of carbonyl (C=O) groups excluding carboxylic acids is 1. The van der Waals surface area contributed by atoms with Crippen molar-refractivity contribution in [2.75, 3.05) is 11.9 Å². The average molecular weight is 292 g/mol. The second-order valence-corrected chi connectivity index (χ2v) is 5.49. The number of carbonyl (C=O) groups is 2. The number of rotatable bonds is 2. The largest absolute Gasteiger partial charge is 0.505 e. The summed E-state index contributed by atoms with van der Waals surface area (Å²) in [5.74, 6) is -1.23. The number of carboxylic acid groups (broad SMARTS) is 1. The molecule has 6 nitrogen and oxygen atoms in total. The zero-order valence-electron chi connectivity index (χ0n) is 12.2. The molecule has 1 aliphatic heterocycles. The third kappa shape index (κ3) is 3.09. The summed E-state index contributed by atoms with van der Waals surface area (Å²) < 4.78 is 0. The Bertz CT molecular complexity index is 559. The molecule has 1 heterocycles. The van der Waals surface area contributed by atoms with E-state index >= 15 is 0 Å². The molecule has 0 aliphatic carbocycles. The van der Waals surface area contributed by atoms with Crippen LogP contribution in [0.5, 0.6) is 5.75 Å². The van der Waals surface area contributed by atoms with E-state index in [0.29, 0.717) is 12.5 Å². The van der Waals surface area contributed by atoms with Crippen LogP contribution >= 0.6 is 0 Å². The topological polar surface area (TPSA) is 89.9 Å². The van der Waals surface area contributed by atoms with Crippen LogP contribution in [0.3, 0.4) is 0 Å². The molecule has 0 aromatic heterocycles. The van der Waals surface area contributed by atoms with E-state index in [2.05, 4.69) is 12.2 Å². The van der Waals surface area contributed by atoms with Gasteiger partial charge in [0.2, 0.25) is 0 Å². The first-order valence-electron chi connectivity index (χ1n) is 7.04. The van der Waals surface area contributed by atoms with Crippen LogP contribution in [0, 0.1) is 5.92 Å². The Labute approximate surface area is 123 Å². The zero-order chi connectivity index (χ0) is 15.6. The normalized spacial score (nSPS) is 21.9. The van der Waals surface area contributed by atoms with Gasteiger partial charge in [-0.2, -0.15) is 0 Å². The van der Waals surface area contributed by atoms with Gasteiger partial charge in [0, 0.05) is 12.6 Å². The Morgan fingerprint density at radius 2 is 2.05 bits per heavy atom. The number of likely N-dealkylation sites (tertiary alicyclic amines) is 1. The maximum absolute atomic E-state index is 12.3. The lowest BCUT2D eigenvalue weighted by molar-refractivity contribution is 0.0693. The molecule has 0 radical (unpaired) electrons. The molecule has 0 saturated carbocycles. The summed E-state index contributed by atoms with van der Waals surface area (Å²) in [7, 11) is 0. The molecule has 1 saturated heterocycles. The number of hydrogen-bond donors (Lipinski definition) is 3. The van der Waals surface area contributed by atoms with Gasteiger partial charge in [-0.3, -0.25) is 0 Å². The van der Waals surface area contributed by atoms with E-state index in [1.807, 2.05) is 6.92 Å². The highest BCUT2D eigenvalue weighted by atomic mass is 16.4. The zero-order valence-corrected chi connectivity index (χ0v) is 12.2. The fraction of sp³-hybridized carbons (Fsp3) is 0.467. The Morgan fingerprint density at radius 1 is 1.33 bits per heavy atom. The van der Waals surface area contributed by atoms with Crippen molar-refractivity contribution in [2.45, 2.75) is 32.7 Å². The first kappa shape index (κ1) is 15.2.